The summed E-state index contributed by atoms with van der Waals surface area (Å²) >= 11 is 0. The number of carboxylic acid groups (broad SMARTS) is 1. The Morgan fingerprint density at radius 3 is 2.22 bits per heavy atom. The molecule has 2 aromatic carbocycles. The van der Waals surface area contributed by atoms with Crippen LogP contribution in [0.2, 0.25) is 0 Å². The Balaban J connectivity index is 1.59. The zero-order valence-electron chi connectivity index (χ0n) is 14.5. The predicted octanol–water partition coefficient (Wildman–Crippen LogP) is 1.31. The van der Waals surface area contributed by atoms with Crippen molar-refractivity contribution in [1.82, 2.24) is 4.90 Å². The van der Waals surface area contributed by atoms with Crippen molar-refractivity contribution in [3.63, 3.8) is 0 Å². The van der Waals surface area contributed by atoms with Crippen LogP contribution < -0.4 is 5.11 Å². The van der Waals surface area contributed by atoms with Crippen molar-refractivity contribution in [3.05, 3.63) is 83.9 Å². The Bertz CT molecular complexity index is 886. The van der Waals surface area contributed by atoms with E-state index in [0.29, 0.717) is 6.54 Å². The van der Waals surface area contributed by atoms with E-state index in [1.807, 2.05) is 66.7 Å². The molecule has 0 N–H and O–H groups in total. The highest BCUT2D eigenvalue weighted by Gasteiger charge is 2.66. The fourth-order valence-electron chi connectivity index (χ4n) is 4.84. The number of aliphatic carboxylic acids is 1. The summed E-state index contributed by atoms with van der Waals surface area (Å²) in [5.74, 6) is -3.07. The first kappa shape index (κ1) is 16.3. The largest absolute Gasteiger partial charge is 0.550 e. The summed E-state index contributed by atoms with van der Waals surface area (Å²) in [5, 5.41) is 11.7. The number of likely N-dealkylation sites (tertiary alicyclic amines) is 1. The molecule has 5 nitrogen and oxygen atoms in total. The van der Waals surface area contributed by atoms with Crippen LogP contribution in [0, 0.1) is 11.8 Å². The van der Waals surface area contributed by atoms with E-state index in [1.54, 1.807) is 11.0 Å². The molecule has 3 aliphatic rings. The monoisotopic (exact) mass is 360 g/mol. The molecule has 0 aromatic heterocycles. The van der Waals surface area contributed by atoms with Gasteiger partial charge in [0.15, 0.2) is 0 Å². The minimum absolute atomic E-state index is 0.186. The van der Waals surface area contributed by atoms with Gasteiger partial charge in [-0.25, -0.2) is 0 Å². The van der Waals surface area contributed by atoms with Crippen LogP contribution >= 0.6 is 0 Å². The molecule has 1 spiro atoms. The standard InChI is InChI=1S/C22H19NO4/c24-20-18-17(21(25)26)16-11-12-22(18,27-16)13-23(20)19(14-7-3-1-4-8-14)15-9-5-2-6-10-15/h1-12,16-19H,13H2,(H,25,26)/p-1/t16-,17+,18-,22-/m1/s1. The van der Waals surface area contributed by atoms with Gasteiger partial charge in [-0.3, -0.25) is 4.79 Å². The van der Waals surface area contributed by atoms with Gasteiger partial charge in [-0.15, -0.1) is 0 Å². The molecular formula is C22H18NO4-. The summed E-state index contributed by atoms with van der Waals surface area (Å²) in [6.45, 7) is 0.335. The van der Waals surface area contributed by atoms with E-state index in [0.717, 1.165) is 11.1 Å². The van der Waals surface area contributed by atoms with Crippen molar-refractivity contribution in [2.24, 2.45) is 11.8 Å². The molecule has 0 radical (unpaired) electrons. The quantitative estimate of drug-likeness (QED) is 0.771. The third kappa shape index (κ3) is 2.28. The first-order chi connectivity index (χ1) is 13.1. The average molecular weight is 360 g/mol. The molecular weight excluding hydrogens is 342 g/mol. The molecule has 4 atom stereocenters. The number of hydrogen-bond donors (Lipinski definition) is 0. The summed E-state index contributed by atoms with van der Waals surface area (Å²) in [6, 6.07) is 19.3. The topological polar surface area (TPSA) is 69.7 Å². The second-order valence-corrected chi connectivity index (χ2v) is 7.41. The minimum atomic E-state index is -1.22. The highest BCUT2D eigenvalue weighted by Crippen LogP contribution is 2.53. The molecule has 5 rings (SSSR count). The smallest absolute Gasteiger partial charge is 0.230 e. The Morgan fingerprint density at radius 2 is 1.67 bits per heavy atom. The number of carboxylic acids is 1. The van der Waals surface area contributed by atoms with E-state index in [4.69, 9.17) is 4.74 Å². The van der Waals surface area contributed by atoms with E-state index >= 15 is 0 Å². The molecule has 2 bridgehead atoms. The fourth-order valence-corrected chi connectivity index (χ4v) is 4.84. The van der Waals surface area contributed by atoms with Crippen LogP contribution in [0.4, 0.5) is 0 Å². The molecule has 2 aromatic rings. The molecule has 0 unspecified atom stereocenters. The third-order valence-electron chi connectivity index (χ3n) is 5.94. The summed E-state index contributed by atoms with van der Waals surface area (Å²) in [5.41, 5.74) is 1.10. The van der Waals surface area contributed by atoms with Crippen LogP contribution in [-0.4, -0.2) is 35.0 Å². The van der Waals surface area contributed by atoms with Gasteiger partial charge in [0.05, 0.1) is 24.6 Å². The maximum Gasteiger partial charge on any atom is 0.230 e. The van der Waals surface area contributed by atoms with Crippen molar-refractivity contribution in [1.29, 1.82) is 0 Å². The van der Waals surface area contributed by atoms with E-state index in [-0.39, 0.29) is 11.9 Å². The van der Waals surface area contributed by atoms with Gasteiger partial charge in [0.2, 0.25) is 5.91 Å². The SMILES string of the molecule is O=C([O-])[C@H]1[C@H]2C=C[C@]3(CN(C(c4ccccc4)c4ccccc4)C(=O)[C@@H]13)O2. The number of nitrogens with zero attached hydrogens (tertiary/aromatic N) is 1. The normalized spacial score (nSPS) is 30.9. The molecule has 3 heterocycles. The van der Waals surface area contributed by atoms with E-state index < -0.39 is 29.5 Å². The van der Waals surface area contributed by atoms with Gasteiger partial charge >= 0.3 is 0 Å². The van der Waals surface area contributed by atoms with Gasteiger partial charge in [-0.1, -0.05) is 72.8 Å². The number of carbonyl (C=O) groups is 2. The Hall–Kier alpha value is -2.92. The summed E-state index contributed by atoms with van der Waals surface area (Å²) < 4.78 is 5.99. The van der Waals surface area contributed by atoms with Crippen molar-refractivity contribution in [2.75, 3.05) is 6.54 Å². The highest BCUT2D eigenvalue weighted by atomic mass is 16.5. The number of carbonyl (C=O) groups excluding carboxylic acids is 2. The third-order valence-corrected chi connectivity index (χ3v) is 5.94. The molecule has 5 heteroatoms. The zero-order valence-corrected chi connectivity index (χ0v) is 14.5. The van der Waals surface area contributed by atoms with Crippen LogP contribution in [0.1, 0.15) is 17.2 Å². The van der Waals surface area contributed by atoms with Crippen LogP contribution in [-0.2, 0) is 14.3 Å². The number of fused-ring (bicyclic) bond motifs is 1. The number of benzene rings is 2. The van der Waals surface area contributed by atoms with Gasteiger partial charge in [-0.2, -0.15) is 0 Å². The second-order valence-electron chi connectivity index (χ2n) is 7.41. The molecule has 2 saturated heterocycles. The fraction of sp³-hybridized carbons (Fsp3) is 0.273. The minimum Gasteiger partial charge on any atom is -0.550 e. The van der Waals surface area contributed by atoms with Crippen molar-refractivity contribution < 1.29 is 19.4 Å². The predicted molar refractivity (Wildman–Crippen MR) is 95.2 cm³/mol. The second kappa shape index (κ2) is 5.79. The molecule has 2 fully saturated rings. The molecule has 0 aliphatic carbocycles. The van der Waals surface area contributed by atoms with E-state index in [1.165, 1.54) is 0 Å². The van der Waals surface area contributed by atoms with Gasteiger partial charge in [0.1, 0.15) is 5.60 Å². The average Bonchev–Trinajstić information content (AvgIpc) is 3.32. The molecule has 27 heavy (non-hydrogen) atoms. The lowest BCUT2D eigenvalue weighted by Crippen LogP contribution is -2.45. The molecule has 136 valence electrons. The first-order valence-electron chi connectivity index (χ1n) is 9.09. The molecule has 3 aliphatic heterocycles. The lowest BCUT2D eigenvalue weighted by Gasteiger charge is -2.31. The number of ether oxygens (including phenoxy) is 1. The zero-order chi connectivity index (χ0) is 18.6. The van der Waals surface area contributed by atoms with Crippen LogP contribution in [0.5, 0.6) is 0 Å². The number of hydrogen-bond acceptors (Lipinski definition) is 4. The summed E-state index contributed by atoms with van der Waals surface area (Å²) in [4.78, 5) is 26.9. The highest BCUT2D eigenvalue weighted by molar-refractivity contribution is 5.90. The van der Waals surface area contributed by atoms with Gasteiger partial charge in [0, 0.05) is 11.9 Å². The molecule has 1 amide bonds. The summed E-state index contributed by atoms with van der Waals surface area (Å²) in [7, 11) is 0. The van der Waals surface area contributed by atoms with Crippen molar-refractivity contribution in [3.8, 4) is 0 Å². The Morgan fingerprint density at radius 1 is 1.07 bits per heavy atom. The van der Waals surface area contributed by atoms with Crippen molar-refractivity contribution >= 4 is 11.9 Å². The Kier molecular flexibility index (Phi) is 3.49. The Labute approximate surface area is 156 Å². The van der Waals surface area contributed by atoms with Crippen LogP contribution in [0.15, 0.2) is 72.8 Å². The van der Waals surface area contributed by atoms with Crippen LogP contribution in [0.3, 0.4) is 0 Å². The molecule has 0 saturated carbocycles. The number of rotatable bonds is 4. The van der Waals surface area contributed by atoms with Gasteiger partial charge in [0.25, 0.3) is 0 Å². The van der Waals surface area contributed by atoms with E-state index in [9.17, 15) is 14.7 Å². The van der Waals surface area contributed by atoms with Gasteiger partial charge in [-0.05, 0) is 11.1 Å². The van der Waals surface area contributed by atoms with E-state index in [2.05, 4.69) is 0 Å². The summed E-state index contributed by atoms with van der Waals surface area (Å²) in [6.07, 6.45) is 3.05. The maximum atomic E-state index is 13.4. The van der Waals surface area contributed by atoms with Crippen LogP contribution in [0.25, 0.3) is 0 Å². The lowest BCUT2D eigenvalue weighted by molar-refractivity contribution is -0.313. The first-order valence-corrected chi connectivity index (χ1v) is 9.09. The van der Waals surface area contributed by atoms with Crippen molar-refractivity contribution in [2.45, 2.75) is 17.7 Å². The number of amides is 1. The maximum absolute atomic E-state index is 13.4. The van der Waals surface area contributed by atoms with Gasteiger partial charge < -0.3 is 19.5 Å². The lowest BCUT2D eigenvalue weighted by atomic mass is 9.77.